The van der Waals surface area contributed by atoms with Crippen molar-refractivity contribution in [2.24, 2.45) is 0 Å². The van der Waals surface area contributed by atoms with Crippen LogP contribution in [0.1, 0.15) is 58.3 Å². The third-order valence-corrected chi connectivity index (χ3v) is 5.15. The molecule has 0 amide bonds. The summed E-state index contributed by atoms with van der Waals surface area (Å²) in [6, 6.07) is 0. The Hall–Kier alpha value is -0.460. The van der Waals surface area contributed by atoms with Crippen molar-refractivity contribution in [3.8, 4) is 0 Å². The molecule has 0 aromatic carbocycles. The molecule has 1 unspecified atom stereocenters. The van der Waals surface area contributed by atoms with E-state index >= 15 is 0 Å². The monoisotopic (exact) mass is 578 g/mol. The van der Waals surface area contributed by atoms with Gasteiger partial charge in [0.2, 0.25) is 0 Å². The van der Waals surface area contributed by atoms with Gasteiger partial charge in [0.05, 0.1) is 26.1 Å². The van der Waals surface area contributed by atoms with Gasteiger partial charge in [0.25, 0.3) is 0 Å². The molecular formula is C18H24F9NaO7S. The van der Waals surface area contributed by atoms with E-state index in [9.17, 15) is 54.4 Å². The Labute approximate surface area is 227 Å². The zero-order valence-corrected chi connectivity index (χ0v) is 22.1. The minimum absolute atomic E-state index is 0. The van der Waals surface area contributed by atoms with E-state index in [0.29, 0.717) is 6.42 Å². The molecule has 7 nitrogen and oxygen atoms in total. The summed E-state index contributed by atoms with van der Waals surface area (Å²) in [5.41, 5.74) is 0. The Morgan fingerprint density at radius 2 is 1.39 bits per heavy atom. The second-order valence-electron chi connectivity index (χ2n) is 7.18. The molecule has 0 fully saturated rings. The number of alkyl halides is 9. The largest absolute Gasteiger partial charge is 1.00 e. The van der Waals surface area contributed by atoms with Crippen molar-refractivity contribution in [3.63, 3.8) is 0 Å². The van der Waals surface area contributed by atoms with Crippen LogP contribution in [0.25, 0.3) is 0 Å². The molecule has 0 spiro atoms. The van der Waals surface area contributed by atoms with E-state index in [-0.39, 0.29) is 48.2 Å². The first-order valence-electron chi connectivity index (χ1n) is 10.2. The summed E-state index contributed by atoms with van der Waals surface area (Å²) in [5.74, 6) is -22.5. The van der Waals surface area contributed by atoms with E-state index in [2.05, 4.69) is 14.1 Å². The van der Waals surface area contributed by atoms with Gasteiger partial charge in [-0.15, -0.1) is 0 Å². The van der Waals surface area contributed by atoms with Crippen LogP contribution in [0, 0.1) is 0 Å². The standard InChI is InChI=1S/C18H25F9O7S.Na/c1-2-3-4-5-6-7-9-31-13(28)11-12(35-34-33-30)14(29)32-10-8-15(19,20)16(21,22)17(23,24)18(25,26)27;/h12,30H,2-11H2,1H3;/q;+1/p-1. The number of hydrogen-bond donors (Lipinski definition) is 0. The molecule has 0 radical (unpaired) electrons. The maximum atomic E-state index is 13.5. The Morgan fingerprint density at radius 3 is 1.92 bits per heavy atom. The predicted molar refractivity (Wildman–Crippen MR) is 99.0 cm³/mol. The molecule has 0 saturated carbocycles. The third-order valence-electron chi connectivity index (χ3n) is 4.43. The molecule has 0 heterocycles. The second kappa shape index (κ2) is 17.2. The number of hydrogen-bond acceptors (Lipinski definition) is 8. The molecule has 0 aromatic heterocycles. The average molecular weight is 578 g/mol. The van der Waals surface area contributed by atoms with Gasteiger partial charge in [-0.3, -0.25) is 14.6 Å². The number of ether oxygens (including phenoxy) is 2. The third kappa shape index (κ3) is 11.9. The summed E-state index contributed by atoms with van der Waals surface area (Å²) in [6.07, 6.45) is -5.09. The van der Waals surface area contributed by atoms with Crippen LogP contribution in [0.2, 0.25) is 0 Å². The minimum atomic E-state index is -7.08. The van der Waals surface area contributed by atoms with E-state index in [0.717, 1.165) is 32.1 Å². The SMILES string of the molecule is CCCCCCCCOC(=O)CC(SOO[O-])C(=O)OCCC(F)(F)C(F)(F)C(F)(F)C(F)(F)F.[Na+]. The van der Waals surface area contributed by atoms with Crippen molar-refractivity contribution in [2.75, 3.05) is 13.2 Å². The number of carbonyl (C=O) groups is 2. The van der Waals surface area contributed by atoms with Crippen molar-refractivity contribution in [1.82, 2.24) is 0 Å². The number of unbranched alkanes of at least 4 members (excludes halogenated alkanes) is 5. The van der Waals surface area contributed by atoms with Crippen LogP contribution in [0.5, 0.6) is 0 Å². The smallest absolute Gasteiger partial charge is 0.691 e. The summed E-state index contributed by atoms with van der Waals surface area (Å²) in [6.45, 7) is 0.249. The number of halogens is 9. The van der Waals surface area contributed by atoms with E-state index in [1.54, 1.807) is 0 Å². The first kappa shape index (κ1) is 37.7. The van der Waals surface area contributed by atoms with E-state index in [1.807, 2.05) is 6.92 Å². The number of rotatable bonds is 18. The molecular weight excluding hydrogens is 554 g/mol. The first-order valence-corrected chi connectivity index (χ1v) is 11.0. The van der Waals surface area contributed by atoms with Crippen molar-refractivity contribution >= 4 is 24.0 Å². The average Bonchev–Trinajstić information content (AvgIpc) is 2.74. The number of carbonyl (C=O) groups excluding carboxylic acids is 2. The molecule has 36 heavy (non-hydrogen) atoms. The van der Waals surface area contributed by atoms with Gasteiger partial charge >= 0.3 is 65.4 Å². The Balaban J connectivity index is 0. The van der Waals surface area contributed by atoms with Gasteiger partial charge in [0, 0.05) is 12.0 Å². The van der Waals surface area contributed by atoms with Crippen LogP contribution in [0.4, 0.5) is 39.5 Å². The number of esters is 2. The van der Waals surface area contributed by atoms with Crippen LogP contribution >= 0.6 is 12.0 Å². The van der Waals surface area contributed by atoms with Gasteiger partial charge in [-0.2, -0.15) is 43.8 Å². The van der Waals surface area contributed by atoms with Gasteiger partial charge in [-0.25, -0.2) is 0 Å². The molecule has 0 rings (SSSR count). The molecule has 18 heteroatoms. The normalized spacial score (nSPS) is 13.6. The quantitative estimate of drug-likeness (QED) is 0.0464. The molecule has 1 atom stereocenters. The Morgan fingerprint density at radius 1 is 0.833 bits per heavy atom. The Kier molecular flexibility index (Phi) is 18.0. The topological polar surface area (TPSA) is 94.1 Å². The van der Waals surface area contributed by atoms with Gasteiger partial charge in [-0.05, 0) is 6.42 Å². The predicted octanol–water partition coefficient (Wildman–Crippen LogP) is 1.93. The van der Waals surface area contributed by atoms with Gasteiger partial charge in [0.15, 0.2) is 0 Å². The molecule has 208 valence electrons. The molecule has 0 aliphatic heterocycles. The van der Waals surface area contributed by atoms with Crippen LogP contribution in [-0.4, -0.2) is 54.3 Å². The second-order valence-corrected chi connectivity index (χ2v) is 8.08. The van der Waals surface area contributed by atoms with Gasteiger partial charge in [0.1, 0.15) is 5.25 Å². The van der Waals surface area contributed by atoms with Crippen LogP contribution < -0.4 is 34.8 Å². The fourth-order valence-corrected chi connectivity index (χ4v) is 2.91. The van der Waals surface area contributed by atoms with Crippen LogP contribution in [-0.2, 0) is 28.4 Å². The van der Waals surface area contributed by atoms with Crippen LogP contribution in [0.15, 0.2) is 0 Å². The fraction of sp³-hybridized carbons (Fsp3) is 0.889. The zero-order valence-electron chi connectivity index (χ0n) is 19.3. The fourth-order valence-electron chi connectivity index (χ4n) is 2.44. The molecule has 0 aliphatic rings. The first-order chi connectivity index (χ1) is 16.0. The molecule has 0 saturated heterocycles. The molecule has 0 N–H and O–H groups in total. The van der Waals surface area contributed by atoms with E-state index < -0.39 is 60.6 Å². The minimum Gasteiger partial charge on any atom is -0.691 e. The summed E-state index contributed by atoms with van der Waals surface area (Å²) < 4.78 is 128. The van der Waals surface area contributed by atoms with Crippen molar-refractivity contribution in [2.45, 2.75) is 87.5 Å². The summed E-state index contributed by atoms with van der Waals surface area (Å²) in [4.78, 5) is 23.7. The Bertz CT molecular complexity index is 655. The van der Waals surface area contributed by atoms with Crippen molar-refractivity contribution < 1.29 is 103 Å². The summed E-state index contributed by atoms with van der Waals surface area (Å²) in [7, 11) is 0. The van der Waals surface area contributed by atoms with E-state index in [1.165, 1.54) is 0 Å². The maximum absolute atomic E-state index is 13.5. The summed E-state index contributed by atoms with van der Waals surface area (Å²) in [5, 5.41) is 11.1. The molecule has 0 aromatic rings. The van der Waals surface area contributed by atoms with Gasteiger partial charge in [-0.1, -0.05) is 39.0 Å². The van der Waals surface area contributed by atoms with Crippen LogP contribution in [0.3, 0.4) is 0 Å². The molecule has 0 bridgehead atoms. The maximum Gasteiger partial charge on any atom is 1.00 e. The van der Waals surface area contributed by atoms with Crippen molar-refractivity contribution in [3.05, 3.63) is 0 Å². The van der Waals surface area contributed by atoms with Crippen molar-refractivity contribution in [1.29, 1.82) is 0 Å². The summed E-state index contributed by atoms with van der Waals surface area (Å²) >= 11 is -0.133. The molecule has 0 aliphatic carbocycles. The van der Waals surface area contributed by atoms with E-state index in [4.69, 9.17) is 4.74 Å². The zero-order chi connectivity index (χ0) is 27.3. The van der Waals surface area contributed by atoms with Gasteiger partial charge < -0.3 is 14.7 Å².